The maximum atomic E-state index is 6.05. The predicted octanol–water partition coefficient (Wildman–Crippen LogP) is 3.49. The van der Waals surface area contributed by atoms with Crippen LogP contribution in [0.1, 0.15) is 12.8 Å². The number of alkyl halides is 1. The molecule has 0 atom stereocenters. The molecular formula is C11H12ClCr. The first-order valence-electron chi connectivity index (χ1n) is 4.40. The number of rotatable bonds is 3. The summed E-state index contributed by atoms with van der Waals surface area (Å²) in [5.41, 5.74) is 0. The minimum atomic E-state index is -0.813. The first-order valence-corrected chi connectivity index (χ1v) is 7.11. The van der Waals surface area contributed by atoms with Gasteiger partial charge in [-0.15, -0.1) is 0 Å². The third-order valence-electron chi connectivity index (χ3n) is 2.22. The normalized spacial score (nSPS) is 19.8. The summed E-state index contributed by atoms with van der Waals surface area (Å²) in [6.45, 7) is 0. The molecule has 0 radical (unpaired) electrons. The molecule has 2 heteroatoms. The van der Waals surface area contributed by atoms with Crippen LogP contribution in [-0.4, -0.2) is 4.74 Å². The third kappa shape index (κ3) is 1.99. The monoisotopic (exact) mass is 231 g/mol. The van der Waals surface area contributed by atoms with Gasteiger partial charge in [0.15, 0.2) is 0 Å². The standard InChI is InChI=1S/2C5H5.CH2Cl.Cr/c2*1-2-4-5-3-1;1-2;/h2*1-3H,4H2;1H2;. The van der Waals surface area contributed by atoms with E-state index in [1.54, 1.807) is 8.87 Å². The molecule has 0 bridgehead atoms. The molecule has 0 unspecified atom stereocenters. The molecule has 0 N–H and O–H groups in total. The van der Waals surface area contributed by atoms with Crippen molar-refractivity contribution in [2.24, 2.45) is 0 Å². The third-order valence-corrected chi connectivity index (χ3v) is 6.38. The van der Waals surface area contributed by atoms with Crippen LogP contribution < -0.4 is 0 Å². The molecule has 0 aromatic heterocycles. The Balaban J connectivity index is 2.09. The average Bonchev–Trinajstić information content (AvgIpc) is 2.76. The fraction of sp³-hybridized carbons (Fsp3) is 0.273. The van der Waals surface area contributed by atoms with Crippen LogP contribution in [0.5, 0.6) is 0 Å². The van der Waals surface area contributed by atoms with Gasteiger partial charge in [0, 0.05) is 0 Å². The summed E-state index contributed by atoms with van der Waals surface area (Å²) in [5, 5.41) is 0. The summed E-state index contributed by atoms with van der Waals surface area (Å²) in [6, 6.07) is 0. The Morgan fingerprint density at radius 3 is 1.92 bits per heavy atom. The zero-order valence-electron chi connectivity index (χ0n) is 7.37. The Labute approximate surface area is 88.7 Å². The van der Waals surface area contributed by atoms with Gasteiger partial charge >= 0.3 is 88.7 Å². The quantitative estimate of drug-likeness (QED) is 0.653. The van der Waals surface area contributed by atoms with Crippen molar-refractivity contribution in [3.63, 3.8) is 0 Å². The number of hydrogen-bond acceptors (Lipinski definition) is 0. The van der Waals surface area contributed by atoms with Gasteiger partial charge in [-0.1, -0.05) is 0 Å². The molecule has 2 aliphatic carbocycles. The van der Waals surface area contributed by atoms with Crippen molar-refractivity contribution in [2.75, 3.05) is 4.74 Å². The van der Waals surface area contributed by atoms with Gasteiger partial charge in [-0.2, -0.15) is 0 Å². The summed E-state index contributed by atoms with van der Waals surface area (Å²) >= 11 is 5.23. The van der Waals surface area contributed by atoms with E-state index in [-0.39, 0.29) is 0 Å². The van der Waals surface area contributed by atoms with E-state index in [9.17, 15) is 0 Å². The van der Waals surface area contributed by atoms with Gasteiger partial charge in [-0.25, -0.2) is 0 Å². The molecule has 2 aliphatic rings. The molecule has 0 fully saturated rings. The van der Waals surface area contributed by atoms with Crippen LogP contribution in [0.3, 0.4) is 0 Å². The van der Waals surface area contributed by atoms with Crippen molar-refractivity contribution < 1.29 is 14.1 Å². The molecule has 0 aromatic rings. The van der Waals surface area contributed by atoms with E-state index >= 15 is 0 Å². The average molecular weight is 232 g/mol. The Hall–Kier alpha value is -0.218. The van der Waals surface area contributed by atoms with Crippen LogP contribution in [0, 0.1) is 0 Å². The summed E-state index contributed by atoms with van der Waals surface area (Å²) in [4.78, 5) is 0. The van der Waals surface area contributed by atoms with Crippen LogP contribution in [0.15, 0.2) is 45.3 Å². The van der Waals surface area contributed by atoms with Crippen LogP contribution in [0.25, 0.3) is 0 Å². The molecule has 0 saturated heterocycles. The van der Waals surface area contributed by atoms with E-state index in [2.05, 4.69) is 36.5 Å². The van der Waals surface area contributed by atoms with Gasteiger partial charge in [0.05, 0.1) is 0 Å². The van der Waals surface area contributed by atoms with Crippen molar-refractivity contribution >= 4 is 11.6 Å². The molecule has 0 aromatic carbocycles. The SMILES string of the molecule is Cl[CH2][Cr]([C]1=CC=CC1)[C]1=CC=CC1. The summed E-state index contributed by atoms with van der Waals surface area (Å²) in [5.74, 6) is 0. The van der Waals surface area contributed by atoms with Crippen LogP contribution in [-0.2, 0) is 14.1 Å². The summed E-state index contributed by atoms with van der Waals surface area (Å²) in [6.07, 6.45) is 15.5. The molecule has 69 valence electrons. The van der Waals surface area contributed by atoms with E-state index in [0.717, 1.165) is 17.6 Å². The van der Waals surface area contributed by atoms with E-state index < -0.39 is 14.1 Å². The van der Waals surface area contributed by atoms with Crippen LogP contribution in [0.2, 0.25) is 0 Å². The molecule has 0 aliphatic heterocycles. The van der Waals surface area contributed by atoms with E-state index in [0.29, 0.717) is 0 Å². The molecule has 0 saturated carbocycles. The van der Waals surface area contributed by atoms with Crippen molar-refractivity contribution in [3.05, 3.63) is 45.3 Å². The Morgan fingerprint density at radius 2 is 1.62 bits per heavy atom. The van der Waals surface area contributed by atoms with E-state index in [1.165, 1.54) is 0 Å². The second-order valence-corrected chi connectivity index (χ2v) is 7.13. The van der Waals surface area contributed by atoms with Gasteiger partial charge in [-0.3, -0.25) is 0 Å². The van der Waals surface area contributed by atoms with Gasteiger partial charge in [0.25, 0.3) is 0 Å². The molecule has 2 rings (SSSR count). The van der Waals surface area contributed by atoms with Crippen LogP contribution in [0.4, 0.5) is 0 Å². The first kappa shape index (κ1) is 9.34. The van der Waals surface area contributed by atoms with Gasteiger partial charge in [-0.05, 0) is 0 Å². The fourth-order valence-corrected chi connectivity index (χ4v) is 5.34. The van der Waals surface area contributed by atoms with Crippen molar-refractivity contribution in [3.8, 4) is 0 Å². The van der Waals surface area contributed by atoms with Crippen LogP contribution >= 0.6 is 11.6 Å². The van der Waals surface area contributed by atoms with Crippen molar-refractivity contribution in [1.29, 1.82) is 0 Å². The van der Waals surface area contributed by atoms with Gasteiger partial charge in [0.2, 0.25) is 0 Å². The zero-order valence-corrected chi connectivity index (χ0v) is 9.40. The Morgan fingerprint density at radius 1 is 1.08 bits per heavy atom. The fourth-order valence-electron chi connectivity index (χ4n) is 1.53. The Bertz CT molecular complexity index is 280. The second-order valence-electron chi connectivity index (χ2n) is 3.03. The predicted molar refractivity (Wildman–Crippen MR) is 54.4 cm³/mol. The van der Waals surface area contributed by atoms with E-state index in [1.807, 2.05) is 0 Å². The minimum absolute atomic E-state index is 0.813. The number of halogens is 1. The molecule has 0 heterocycles. The molecule has 0 spiro atoms. The molecule has 13 heavy (non-hydrogen) atoms. The van der Waals surface area contributed by atoms with Gasteiger partial charge < -0.3 is 0 Å². The second kappa shape index (κ2) is 4.33. The number of allylic oxidation sites excluding steroid dienone is 8. The molecular weight excluding hydrogens is 220 g/mol. The number of hydrogen-bond donors (Lipinski definition) is 0. The Kier molecular flexibility index (Phi) is 3.11. The van der Waals surface area contributed by atoms with Gasteiger partial charge in [0.1, 0.15) is 0 Å². The topological polar surface area (TPSA) is 0 Å². The molecule has 0 nitrogen and oxygen atoms in total. The summed E-state index contributed by atoms with van der Waals surface area (Å²) < 4.78 is 4.01. The van der Waals surface area contributed by atoms with Crippen molar-refractivity contribution in [1.82, 2.24) is 0 Å². The zero-order chi connectivity index (χ0) is 9.10. The first-order chi connectivity index (χ1) is 6.42. The maximum absolute atomic E-state index is 6.05. The van der Waals surface area contributed by atoms with E-state index in [4.69, 9.17) is 11.6 Å². The summed E-state index contributed by atoms with van der Waals surface area (Å²) in [7, 11) is 0. The molecule has 0 amide bonds. The van der Waals surface area contributed by atoms with Crippen molar-refractivity contribution in [2.45, 2.75) is 12.8 Å².